The lowest BCUT2D eigenvalue weighted by Crippen LogP contribution is -2.45. The molecule has 3 N–H and O–H groups in total. The molecule has 1 amide bonds. The Labute approximate surface area is 120 Å². The molecule has 108 valence electrons. The average Bonchev–Trinajstić information content (AvgIpc) is 2.45. The summed E-state index contributed by atoms with van der Waals surface area (Å²) in [6.45, 7) is 4.90. The zero-order valence-electron chi connectivity index (χ0n) is 12.1. The lowest BCUT2D eigenvalue weighted by Gasteiger charge is -2.21. The van der Waals surface area contributed by atoms with Crippen molar-refractivity contribution in [1.29, 1.82) is 0 Å². The number of ether oxygens (including phenoxy) is 1. The first-order valence-electron chi connectivity index (χ1n) is 6.76. The third-order valence-corrected chi connectivity index (χ3v) is 3.29. The van der Waals surface area contributed by atoms with Crippen LogP contribution in [0.4, 0.5) is 0 Å². The van der Waals surface area contributed by atoms with Crippen molar-refractivity contribution in [3.05, 3.63) is 29.8 Å². The molecule has 1 rings (SSSR count). The van der Waals surface area contributed by atoms with Gasteiger partial charge in [-0.15, -0.1) is 6.42 Å². The predicted octanol–water partition coefficient (Wildman–Crippen LogP) is 1.69. The van der Waals surface area contributed by atoms with E-state index in [1.807, 2.05) is 38.1 Å². The molecule has 0 aliphatic rings. The third-order valence-electron chi connectivity index (χ3n) is 3.29. The molecule has 1 aromatic rings. The van der Waals surface area contributed by atoms with Gasteiger partial charge in [0, 0.05) is 6.54 Å². The van der Waals surface area contributed by atoms with Gasteiger partial charge in [0.1, 0.15) is 12.4 Å². The van der Waals surface area contributed by atoms with Gasteiger partial charge in [0.25, 0.3) is 0 Å². The van der Waals surface area contributed by atoms with Crippen molar-refractivity contribution < 1.29 is 9.53 Å². The molecule has 4 heteroatoms. The molecular weight excluding hydrogens is 252 g/mol. The molecule has 1 aromatic carbocycles. The highest BCUT2D eigenvalue weighted by Crippen LogP contribution is 2.13. The van der Waals surface area contributed by atoms with Gasteiger partial charge in [0.05, 0.1) is 6.04 Å². The number of amides is 1. The van der Waals surface area contributed by atoms with Gasteiger partial charge in [0.2, 0.25) is 5.91 Å². The van der Waals surface area contributed by atoms with Crippen LogP contribution in [0.3, 0.4) is 0 Å². The Hall–Kier alpha value is -1.99. The minimum atomic E-state index is -0.312. The lowest BCUT2D eigenvalue weighted by atomic mass is 9.98. The van der Waals surface area contributed by atoms with Crippen molar-refractivity contribution in [3.8, 4) is 18.1 Å². The van der Waals surface area contributed by atoms with Crippen LogP contribution in [-0.2, 0) is 11.3 Å². The van der Waals surface area contributed by atoms with Crippen molar-refractivity contribution >= 4 is 5.91 Å². The highest BCUT2D eigenvalue weighted by molar-refractivity contribution is 5.80. The van der Waals surface area contributed by atoms with E-state index in [4.69, 9.17) is 16.9 Å². The van der Waals surface area contributed by atoms with Gasteiger partial charge in [-0.25, -0.2) is 0 Å². The van der Waals surface area contributed by atoms with Crippen LogP contribution in [0, 0.1) is 18.3 Å². The zero-order chi connectivity index (χ0) is 15.0. The summed E-state index contributed by atoms with van der Waals surface area (Å²) in [5.41, 5.74) is 6.48. The van der Waals surface area contributed by atoms with E-state index < -0.39 is 0 Å². The molecule has 0 bridgehead atoms. The van der Waals surface area contributed by atoms with Crippen LogP contribution < -0.4 is 15.8 Å². The fourth-order valence-electron chi connectivity index (χ4n) is 1.87. The van der Waals surface area contributed by atoms with Gasteiger partial charge in [-0.2, -0.15) is 0 Å². The van der Waals surface area contributed by atoms with Crippen LogP contribution in [0.15, 0.2) is 24.3 Å². The van der Waals surface area contributed by atoms with Crippen LogP contribution in [-0.4, -0.2) is 18.6 Å². The van der Waals surface area contributed by atoms with Gasteiger partial charge >= 0.3 is 0 Å². The molecule has 0 aliphatic heterocycles. The Morgan fingerprint density at radius 2 is 2.10 bits per heavy atom. The van der Waals surface area contributed by atoms with E-state index in [-0.39, 0.29) is 24.5 Å². The van der Waals surface area contributed by atoms with Crippen molar-refractivity contribution in [2.45, 2.75) is 32.9 Å². The van der Waals surface area contributed by atoms with E-state index >= 15 is 0 Å². The van der Waals surface area contributed by atoms with Crippen LogP contribution in [0.2, 0.25) is 0 Å². The number of hydrogen-bond acceptors (Lipinski definition) is 3. The number of nitrogens with two attached hydrogens (primary N) is 1. The maximum atomic E-state index is 11.4. The summed E-state index contributed by atoms with van der Waals surface area (Å²) in [6, 6.07) is 7.28. The molecule has 0 fully saturated rings. The predicted molar refractivity (Wildman–Crippen MR) is 80.0 cm³/mol. The second-order valence-electron chi connectivity index (χ2n) is 4.78. The molecular formula is C16H22N2O2. The SMILES string of the molecule is C#CCOc1ccc(CN[C@@H](C(N)=O)[C@H](C)CC)cc1. The van der Waals surface area contributed by atoms with Crippen LogP contribution in [0.1, 0.15) is 25.8 Å². The van der Waals surface area contributed by atoms with Gasteiger partial charge in [-0.1, -0.05) is 38.3 Å². The Kier molecular flexibility index (Phi) is 6.61. The summed E-state index contributed by atoms with van der Waals surface area (Å²) in [5.74, 6) is 3.05. The van der Waals surface area contributed by atoms with E-state index in [9.17, 15) is 4.79 Å². The first-order valence-corrected chi connectivity index (χ1v) is 6.76. The largest absolute Gasteiger partial charge is 0.481 e. The highest BCUT2D eigenvalue weighted by Gasteiger charge is 2.20. The van der Waals surface area contributed by atoms with Crippen molar-refractivity contribution in [1.82, 2.24) is 5.32 Å². The summed E-state index contributed by atoms with van der Waals surface area (Å²) in [7, 11) is 0. The molecule has 0 radical (unpaired) electrons. The maximum Gasteiger partial charge on any atom is 0.234 e. The second kappa shape index (κ2) is 8.23. The Bertz CT molecular complexity index is 462. The Morgan fingerprint density at radius 3 is 2.60 bits per heavy atom. The molecule has 4 nitrogen and oxygen atoms in total. The topological polar surface area (TPSA) is 64.3 Å². The Morgan fingerprint density at radius 1 is 1.45 bits per heavy atom. The van der Waals surface area contributed by atoms with E-state index in [2.05, 4.69) is 11.2 Å². The van der Waals surface area contributed by atoms with Crippen LogP contribution >= 0.6 is 0 Å². The summed E-state index contributed by atoms with van der Waals surface area (Å²) in [6.07, 6.45) is 6.03. The minimum absolute atomic E-state index is 0.214. The molecule has 0 aliphatic carbocycles. The number of primary amides is 1. The number of terminal acetylenes is 1. The highest BCUT2D eigenvalue weighted by atomic mass is 16.5. The number of nitrogens with one attached hydrogen (secondary N) is 1. The van der Waals surface area contributed by atoms with Crippen molar-refractivity contribution in [2.75, 3.05) is 6.61 Å². The van der Waals surface area contributed by atoms with E-state index in [1.54, 1.807) is 0 Å². The third kappa shape index (κ3) is 4.94. The summed E-state index contributed by atoms with van der Waals surface area (Å²) >= 11 is 0. The van der Waals surface area contributed by atoms with Gasteiger partial charge in [-0.3, -0.25) is 4.79 Å². The minimum Gasteiger partial charge on any atom is -0.481 e. The fourth-order valence-corrected chi connectivity index (χ4v) is 1.87. The van der Waals surface area contributed by atoms with E-state index in [0.717, 1.165) is 17.7 Å². The number of carbonyl (C=O) groups is 1. The molecule has 0 saturated heterocycles. The molecule has 0 aromatic heterocycles. The van der Waals surface area contributed by atoms with E-state index in [1.165, 1.54) is 0 Å². The quantitative estimate of drug-likeness (QED) is 0.709. The lowest BCUT2D eigenvalue weighted by molar-refractivity contribution is -0.121. The maximum absolute atomic E-state index is 11.4. The first-order chi connectivity index (χ1) is 9.58. The zero-order valence-corrected chi connectivity index (χ0v) is 12.1. The second-order valence-corrected chi connectivity index (χ2v) is 4.78. The number of hydrogen-bond donors (Lipinski definition) is 2. The van der Waals surface area contributed by atoms with Gasteiger partial charge in [-0.05, 0) is 23.6 Å². The monoisotopic (exact) mass is 274 g/mol. The molecule has 0 spiro atoms. The van der Waals surface area contributed by atoms with Gasteiger partial charge in [0.15, 0.2) is 0 Å². The molecule has 2 atom stereocenters. The summed E-state index contributed by atoms with van der Waals surface area (Å²) in [5, 5.41) is 3.20. The normalized spacial score (nSPS) is 13.2. The molecule has 20 heavy (non-hydrogen) atoms. The number of rotatable bonds is 8. The molecule has 0 unspecified atom stereocenters. The van der Waals surface area contributed by atoms with Crippen LogP contribution in [0.25, 0.3) is 0 Å². The fraction of sp³-hybridized carbons (Fsp3) is 0.438. The standard InChI is InChI=1S/C16H22N2O2/c1-4-10-20-14-8-6-13(7-9-14)11-18-15(16(17)19)12(3)5-2/h1,6-9,12,15,18H,5,10-11H2,2-3H3,(H2,17,19)/t12-,15-/m1/s1. The number of carbonyl (C=O) groups excluding carboxylic acids is 1. The smallest absolute Gasteiger partial charge is 0.234 e. The van der Waals surface area contributed by atoms with Crippen LogP contribution in [0.5, 0.6) is 5.75 Å². The number of benzene rings is 1. The van der Waals surface area contributed by atoms with Gasteiger partial charge < -0.3 is 15.8 Å². The summed E-state index contributed by atoms with van der Waals surface area (Å²) in [4.78, 5) is 11.4. The molecule has 0 heterocycles. The van der Waals surface area contributed by atoms with Crippen molar-refractivity contribution in [2.24, 2.45) is 11.7 Å². The first kappa shape index (κ1) is 16.1. The Balaban J connectivity index is 2.56. The van der Waals surface area contributed by atoms with E-state index in [0.29, 0.717) is 6.54 Å². The average molecular weight is 274 g/mol. The molecule has 0 saturated carbocycles. The van der Waals surface area contributed by atoms with Crippen molar-refractivity contribution in [3.63, 3.8) is 0 Å². The summed E-state index contributed by atoms with van der Waals surface area (Å²) < 4.78 is 5.30.